The van der Waals surface area contributed by atoms with Crippen LogP contribution in [0.5, 0.6) is 11.6 Å². The molecule has 4 rings (SSSR count). The number of aromatic nitrogens is 5. The minimum atomic E-state index is -4.71. The summed E-state index contributed by atoms with van der Waals surface area (Å²) in [7, 11) is 0. The lowest BCUT2D eigenvalue weighted by Crippen LogP contribution is -2.12. The van der Waals surface area contributed by atoms with Gasteiger partial charge in [0.05, 0.1) is 0 Å². The SMILES string of the molecule is FC(F)(F)c1nnc2c(Oc3ccc(Cl)cc3)nc3cccnc3n12. The van der Waals surface area contributed by atoms with E-state index in [4.69, 9.17) is 16.3 Å². The van der Waals surface area contributed by atoms with Gasteiger partial charge in [-0.25, -0.2) is 14.4 Å². The molecule has 6 nitrogen and oxygen atoms in total. The first kappa shape index (κ1) is 15.6. The van der Waals surface area contributed by atoms with E-state index in [0.717, 1.165) is 4.40 Å². The molecule has 0 spiro atoms. The summed E-state index contributed by atoms with van der Waals surface area (Å²) in [5.41, 5.74) is 0.0102. The number of alkyl halides is 3. The van der Waals surface area contributed by atoms with Gasteiger partial charge in [0.15, 0.2) is 5.65 Å². The fraction of sp³-hybridized carbons (Fsp3) is 0.0667. The Labute approximate surface area is 142 Å². The third kappa shape index (κ3) is 2.72. The summed E-state index contributed by atoms with van der Waals surface area (Å²) in [6.07, 6.45) is -3.34. The molecule has 0 aliphatic carbocycles. The molecule has 0 unspecified atom stereocenters. The summed E-state index contributed by atoms with van der Waals surface area (Å²) in [6.45, 7) is 0. The average molecular weight is 366 g/mol. The van der Waals surface area contributed by atoms with E-state index in [1.807, 2.05) is 0 Å². The number of rotatable bonds is 2. The predicted molar refractivity (Wildman–Crippen MR) is 82.6 cm³/mol. The second-order valence-corrected chi connectivity index (χ2v) is 5.44. The molecule has 0 saturated heterocycles. The van der Waals surface area contributed by atoms with E-state index < -0.39 is 12.0 Å². The van der Waals surface area contributed by atoms with Gasteiger partial charge in [-0.15, -0.1) is 10.2 Å². The van der Waals surface area contributed by atoms with Crippen LogP contribution in [-0.4, -0.2) is 24.6 Å². The monoisotopic (exact) mass is 365 g/mol. The van der Waals surface area contributed by atoms with E-state index in [1.54, 1.807) is 30.3 Å². The van der Waals surface area contributed by atoms with Crippen molar-refractivity contribution in [3.8, 4) is 11.6 Å². The zero-order valence-electron chi connectivity index (χ0n) is 12.2. The van der Waals surface area contributed by atoms with Crippen molar-refractivity contribution in [2.75, 3.05) is 0 Å². The van der Waals surface area contributed by atoms with E-state index >= 15 is 0 Å². The van der Waals surface area contributed by atoms with Crippen molar-refractivity contribution in [3.63, 3.8) is 0 Å². The second-order valence-electron chi connectivity index (χ2n) is 5.00. The van der Waals surface area contributed by atoms with Gasteiger partial charge in [0, 0.05) is 11.2 Å². The van der Waals surface area contributed by atoms with Crippen LogP contribution in [0.25, 0.3) is 16.8 Å². The number of fused-ring (bicyclic) bond motifs is 3. The van der Waals surface area contributed by atoms with Gasteiger partial charge in [-0.1, -0.05) is 11.6 Å². The molecule has 1 aromatic carbocycles. The molecule has 0 amide bonds. The normalized spacial score (nSPS) is 12.0. The summed E-state index contributed by atoms with van der Waals surface area (Å²) in [5, 5.41) is 7.32. The standard InChI is InChI=1S/C15H7ClF3N5O/c16-8-3-5-9(6-4-8)25-13-12-22-23-14(15(17,18)19)24(12)11-10(21-13)2-1-7-20-11/h1-7H. The van der Waals surface area contributed by atoms with Crippen LogP contribution >= 0.6 is 11.6 Å². The van der Waals surface area contributed by atoms with Crippen molar-refractivity contribution >= 4 is 28.4 Å². The fourth-order valence-electron chi connectivity index (χ4n) is 2.30. The molecule has 10 heteroatoms. The van der Waals surface area contributed by atoms with Crippen LogP contribution in [0.1, 0.15) is 5.82 Å². The highest BCUT2D eigenvalue weighted by molar-refractivity contribution is 6.30. The molecule has 4 aromatic rings. The Morgan fingerprint density at radius 2 is 1.76 bits per heavy atom. The first-order valence-corrected chi connectivity index (χ1v) is 7.32. The number of benzene rings is 1. The van der Waals surface area contributed by atoms with E-state index in [2.05, 4.69) is 20.2 Å². The Bertz CT molecular complexity index is 1080. The molecule has 0 bridgehead atoms. The Kier molecular flexibility index (Phi) is 3.46. The highest BCUT2D eigenvalue weighted by Crippen LogP contribution is 2.33. The van der Waals surface area contributed by atoms with Gasteiger partial charge in [-0.3, -0.25) is 0 Å². The summed E-state index contributed by atoms with van der Waals surface area (Å²) in [4.78, 5) is 8.17. The lowest BCUT2D eigenvalue weighted by molar-refractivity contribution is -0.145. The number of hydrogen-bond acceptors (Lipinski definition) is 5. The second kappa shape index (κ2) is 5.55. The van der Waals surface area contributed by atoms with E-state index in [-0.39, 0.29) is 22.7 Å². The van der Waals surface area contributed by atoms with E-state index in [1.165, 1.54) is 12.3 Å². The molecule has 0 aliphatic rings. The lowest BCUT2D eigenvalue weighted by Gasteiger charge is -2.10. The maximum Gasteiger partial charge on any atom is 0.452 e. The first-order valence-electron chi connectivity index (χ1n) is 6.94. The van der Waals surface area contributed by atoms with Gasteiger partial charge in [0.2, 0.25) is 11.5 Å². The zero-order valence-corrected chi connectivity index (χ0v) is 13.0. The highest BCUT2D eigenvalue weighted by atomic mass is 35.5. The molecule has 126 valence electrons. The summed E-state index contributed by atoms with van der Waals surface area (Å²) >= 11 is 5.81. The molecule has 0 N–H and O–H groups in total. The van der Waals surface area contributed by atoms with Crippen LogP contribution < -0.4 is 4.74 Å². The Balaban J connectivity index is 1.97. The van der Waals surface area contributed by atoms with Gasteiger partial charge >= 0.3 is 6.18 Å². The quantitative estimate of drug-likeness (QED) is 0.534. The number of halogens is 4. The van der Waals surface area contributed by atoms with Crippen molar-refractivity contribution in [1.29, 1.82) is 0 Å². The third-order valence-electron chi connectivity index (χ3n) is 3.34. The minimum Gasteiger partial charge on any atom is -0.436 e. The number of pyridine rings is 1. The molecule has 0 radical (unpaired) electrons. The van der Waals surface area contributed by atoms with Gasteiger partial charge < -0.3 is 4.74 Å². The Hall–Kier alpha value is -2.94. The molecule has 3 aromatic heterocycles. The van der Waals surface area contributed by atoms with Crippen LogP contribution in [0.2, 0.25) is 5.02 Å². The maximum atomic E-state index is 13.3. The largest absolute Gasteiger partial charge is 0.452 e. The molecule has 0 fully saturated rings. The number of hydrogen-bond donors (Lipinski definition) is 0. The van der Waals surface area contributed by atoms with Crippen molar-refractivity contribution in [2.45, 2.75) is 6.18 Å². The van der Waals surface area contributed by atoms with Gasteiger partial charge in [-0.2, -0.15) is 13.2 Å². The molecular formula is C15H7ClF3N5O. The molecular weight excluding hydrogens is 359 g/mol. The zero-order chi connectivity index (χ0) is 17.6. The van der Waals surface area contributed by atoms with Gasteiger partial charge in [-0.05, 0) is 36.4 Å². The fourth-order valence-corrected chi connectivity index (χ4v) is 2.42. The number of ether oxygens (including phenoxy) is 1. The first-order chi connectivity index (χ1) is 11.9. The highest BCUT2D eigenvalue weighted by Gasteiger charge is 2.38. The lowest BCUT2D eigenvalue weighted by atomic mass is 10.3. The van der Waals surface area contributed by atoms with E-state index in [0.29, 0.717) is 10.8 Å². The van der Waals surface area contributed by atoms with Crippen molar-refractivity contribution < 1.29 is 17.9 Å². The van der Waals surface area contributed by atoms with E-state index in [9.17, 15) is 13.2 Å². The maximum absolute atomic E-state index is 13.3. The topological polar surface area (TPSA) is 65.2 Å². The van der Waals surface area contributed by atoms with Gasteiger partial charge in [0.25, 0.3) is 5.88 Å². The Morgan fingerprint density at radius 3 is 2.48 bits per heavy atom. The molecule has 25 heavy (non-hydrogen) atoms. The van der Waals surface area contributed by atoms with Crippen LogP contribution in [-0.2, 0) is 6.18 Å². The molecule has 3 heterocycles. The predicted octanol–water partition coefficient (Wildman–Crippen LogP) is 4.14. The molecule has 0 atom stereocenters. The molecule has 0 aliphatic heterocycles. The minimum absolute atomic E-state index is 0.0155. The van der Waals surface area contributed by atoms with Crippen LogP contribution in [0.3, 0.4) is 0 Å². The van der Waals surface area contributed by atoms with Crippen LogP contribution in [0.15, 0.2) is 42.6 Å². The van der Waals surface area contributed by atoms with Crippen LogP contribution in [0, 0.1) is 0 Å². The van der Waals surface area contributed by atoms with Gasteiger partial charge in [0.1, 0.15) is 11.3 Å². The average Bonchev–Trinajstić information content (AvgIpc) is 3.03. The summed E-state index contributed by atoms with van der Waals surface area (Å²) in [6, 6.07) is 9.38. The van der Waals surface area contributed by atoms with Crippen molar-refractivity contribution in [1.82, 2.24) is 24.6 Å². The van der Waals surface area contributed by atoms with Crippen molar-refractivity contribution in [3.05, 3.63) is 53.4 Å². The third-order valence-corrected chi connectivity index (χ3v) is 3.59. The molecule has 0 saturated carbocycles. The number of nitrogens with zero attached hydrogens (tertiary/aromatic N) is 5. The summed E-state index contributed by atoms with van der Waals surface area (Å²) in [5.74, 6) is -0.973. The summed E-state index contributed by atoms with van der Waals surface area (Å²) < 4.78 is 46.1. The van der Waals surface area contributed by atoms with Crippen molar-refractivity contribution in [2.24, 2.45) is 0 Å². The Morgan fingerprint density at radius 1 is 1.00 bits per heavy atom. The smallest absolute Gasteiger partial charge is 0.436 e. The van der Waals surface area contributed by atoms with Crippen LogP contribution in [0.4, 0.5) is 13.2 Å².